The molecule has 1 aliphatic rings. The summed E-state index contributed by atoms with van der Waals surface area (Å²) in [5, 5.41) is 0. The van der Waals surface area contributed by atoms with Crippen molar-refractivity contribution < 1.29 is 32.2 Å². The molecule has 0 aliphatic carbocycles. The molecule has 8 nitrogen and oxygen atoms in total. The second-order valence-electron chi connectivity index (χ2n) is 7.29. The van der Waals surface area contributed by atoms with Gasteiger partial charge in [0.25, 0.3) is 5.91 Å². The lowest BCUT2D eigenvalue weighted by Crippen LogP contribution is -2.43. The molecule has 0 saturated carbocycles. The highest BCUT2D eigenvalue weighted by Crippen LogP contribution is 2.19. The number of benzene rings is 1. The summed E-state index contributed by atoms with van der Waals surface area (Å²) in [4.78, 5) is 26.0. The molecule has 9 heteroatoms. The van der Waals surface area contributed by atoms with Crippen LogP contribution in [0.15, 0.2) is 24.3 Å². The molecule has 30 heavy (non-hydrogen) atoms. The van der Waals surface area contributed by atoms with Crippen LogP contribution in [-0.2, 0) is 24.2 Å². The third kappa shape index (κ3) is 7.85. The Balaban J connectivity index is 1.71. The van der Waals surface area contributed by atoms with Gasteiger partial charge in [-0.05, 0) is 43.5 Å². The average Bonchev–Trinajstić information content (AvgIpc) is 3.09. The fourth-order valence-corrected chi connectivity index (χ4v) is 4.97. The second kappa shape index (κ2) is 11.8. The summed E-state index contributed by atoms with van der Waals surface area (Å²) in [6, 6.07) is 6.81. The largest absolute Gasteiger partial charge is 0.497 e. The number of ether oxygens (including phenoxy) is 3. The summed E-state index contributed by atoms with van der Waals surface area (Å²) in [5.74, 6) is 0.682. The number of carbonyl (C=O) groups excluding carboxylic acids is 2. The smallest absolute Gasteiger partial charge is 0.306 e. The summed E-state index contributed by atoms with van der Waals surface area (Å²) in [7, 11) is -1.51. The van der Waals surface area contributed by atoms with Crippen LogP contribution in [0.4, 0.5) is 0 Å². The minimum atomic E-state index is -3.09. The van der Waals surface area contributed by atoms with Crippen LogP contribution in [0.25, 0.3) is 0 Å². The molecule has 1 aliphatic heterocycles. The normalized spacial score (nSPS) is 17.3. The van der Waals surface area contributed by atoms with Gasteiger partial charge in [-0.3, -0.25) is 9.59 Å². The maximum Gasteiger partial charge on any atom is 0.306 e. The second-order valence-corrected chi connectivity index (χ2v) is 9.51. The summed E-state index contributed by atoms with van der Waals surface area (Å²) in [5.41, 5.74) is 0. The Kier molecular flexibility index (Phi) is 9.42. The molecule has 1 amide bonds. The number of methoxy groups -OCH3 is 1. The molecule has 1 atom stereocenters. The molecule has 1 heterocycles. The van der Waals surface area contributed by atoms with Gasteiger partial charge in [-0.15, -0.1) is 0 Å². The summed E-state index contributed by atoms with van der Waals surface area (Å²) >= 11 is 0. The van der Waals surface area contributed by atoms with Gasteiger partial charge >= 0.3 is 5.97 Å². The number of hydrogen-bond donors (Lipinski definition) is 0. The minimum Gasteiger partial charge on any atom is -0.497 e. The molecule has 0 N–H and O–H groups in total. The first-order chi connectivity index (χ1) is 14.3. The molecule has 168 valence electrons. The van der Waals surface area contributed by atoms with Gasteiger partial charge in [-0.25, -0.2) is 8.42 Å². The van der Waals surface area contributed by atoms with Crippen molar-refractivity contribution in [2.45, 2.75) is 45.1 Å². The maximum atomic E-state index is 12.5. The van der Waals surface area contributed by atoms with E-state index in [1.807, 2.05) is 6.92 Å². The van der Waals surface area contributed by atoms with Crippen LogP contribution in [-0.4, -0.2) is 69.6 Å². The fourth-order valence-electron chi connectivity index (χ4n) is 3.24. The van der Waals surface area contributed by atoms with Crippen molar-refractivity contribution in [2.75, 3.05) is 38.4 Å². The molecule has 2 rings (SSSR count). The van der Waals surface area contributed by atoms with E-state index >= 15 is 0 Å². The van der Waals surface area contributed by atoms with Gasteiger partial charge in [0.15, 0.2) is 16.4 Å². The van der Waals surface area contributed by atoms with E-state index in [0.717, 1.165) is 18.6 Å². The Bertz CT molecular complexity index is 792. The first kappa shape index (κ1) is 24.0. The number of hydrogen-bond acceptors (Lipinski definition) is 7. The maximum absolute atomic E-state index is 12.5. The van der Waals surface area contributed by atoms with Gasteiger partial charge in [-0.2, -0.15) is 0 Å². The highest BCUT2D eigenvalue weighted by molar-refractivity contribution is 7.91. The first-order valence-corrected chi connectivity index (χ1v) is 12.1. The Morgan fingerprint density at radius 2 is 1.83 bits per heavy atom. The fraction of sp³-hybridized carbons (Fsp3) is 0.619. The lowest BCUT2D eigenvalue weighted by atomic mass is 10.2. The van der Waals surface area contributed by atoms with Crippen molar-refractivity contribution in [3.8, 4) is 11.5 Å². The van der Waals surface area contributed by atoms with Crippen LogP contribution in [0.3, 0.4) is 0 Å². The predicted octanol–water partition coefficient (Wildman–Crippen LogP) is 2.21. The average molecular weight is 442 g/mol. The van der Waals surface area contributed by atoms with Crippen molar-refractivity contribution in [2.24, 2.45) is 0 Å². The molecule has 0 radical (unpaired) electrons. The van der Waals surface area contributed by atoms with E-state index in [0.29, 0.717) is 31.7 Å². The topological polar surface area (TPSA) is 99.2 Å². The number of sulfone groups is 1. The molecule has 0 spiro atoms. The van der Waals surface area contributed by atoms with Gasteiger partial charge in [0.2, 0.25) is 0 Å². The molecule has 1 saturated heterocycles. The Morgan fingerprint density at radius 1 is 1.13 bits per heavy atom. The Labute approximate surface area is 178 Å². The Hall–Kier alpha value is -2.29. The molecule has 0 bridgehead atoms. The Morgan fingerprint density at radius 3 is 2.43 bits per heavy atom. The van der Waals surface area contributed by atoms with Crippen molar-refractivity contribution in [1.29, 1.82) is 0 Å². The van der Waals surface area contributed by atoms with Crippen molar-refractivity contribution in [1.82, 2.24) is 4.90 Å². The predicted molar refractivity (Wildman–Crippen MR) is 112 cm³/mol. The molecule has 1 unspecified atom stereocenters. The van der Waals surface area contributed by atoms with Gasteiger partial charge in [-0.1, -0.05) is 13.3 Å². The molecule has 0 aromatic heterocycles. The lowest BCUT2D eigenvalue weighted by molar-refractivity contribution is -0.153. The quantitative estimate of drug-likeness (QED) is 0.362. The van der Waals surface area contributed by atoms with Gasteiger partial charge < -0.3 is 19.1 Å². The van der Waals surface area contributed by atoms with Gasteiger partial charge in [0, 0.05) is 19.0 Å². The zero-order valence-corrected chi connectivity index (χ0v) is 18.5. The van der Waals surface area contributed by atoms with Crippen LogP contribution < -0.4 is 9.47 Å². The highest BCUT2D eigenvalue weighted by atomic mass is 32.2. The van der Waals surface area contributed by atoms with E-state index in [-0.39, 0.29) is 36.5 Å². The zero-order valence-electron chi connectivity index (χ0n) is 17.7. The van der Waals surface area contributed by atoms with Crippen molar-refractivity contribution in [3.05, 3.63) is 24.3 Å². The summed E-state index contributed by atoms with van der Waals surface area (Å²) in [6.07, 6.45) is 2.69. The number of rotatable bonds is 12. The highest BCUT2D eigenvalue weighted by Gasteiger charge is 2.34. The van der Waals surface area contributed by atoms with E-state index < -0.39 is 15.8 Å². The zero-order chi connectivity index (χ0) is 22.0. The molecular formula is C21H31NO7S. The minimum absolute atomic E-state index is 0.0148. The molecule has 1 aromatic rings. The van der Waals surface area contributed by atoms with Crippen molar-refractivity contribution in [3.63, 3.8) is 0 Å². The number of amides is 1. The number of nitrogens with zero attached hydrogens (tertiary/aromatic N) is 1. The van der Waals surface area contributed by atoms with Crippen LogP contribution in [0.5, 0.6) is 11.5 Å². The number of unbranched alkanes of at least 4 members (excludes halogenated alkanes) is 1. The van der Waals surface area contributed by atoms with Gasteiger partial charge in [0.1, 0.15) is 11.5 Å². The molecule has 1 aromatic carbocycles. The summed E-state index contributed by atoms with van der Waals surface area (Å²) < 4.78 is 39.2. The SMILES string of the molecule is CCCCN(C(=O)COC(=O)CCCOc1ccc(OC)cc1)C1CCS(=O)(=O)C1. The molecule has 1 fully saturated rings. The third-order valence-corrected chi connectivity index (χ3v) is 6.68. The first-order valence-electron chi connectivity index (χ1n) is 10.3. The summed E-state index contributed by atoms with van der Waals surface area (Å²) in [6.45, 7) is 2.46. The lowest BCUT2D eigenvalue weighted by Gasteiger charge is -2.28. The van der Waals surface area contributed by atoms with E-state index in [1.165, 1.54) is 0 Å². The third-order valence-electron chi connectivity index (χ3n) is 4.93. The standard InChI is InChI=1S/C21H31NO7S/c1-3-4-12-22(17-11-14-30(25,26)16-17)20(23)15-29-21(24)6-5-13-28-19-9-7-18(27-2)8-10-19/h7-10,17H,3-6,11-16H2,1-2H3. The van der Waals surface area contributed by atoms with Crippen LogP contribution in [0.2, 0.25) is 0 Å². The number of carbonyl (C=O) groups is 2. The molecular weight excluding hydrogens is 410 g/mol. The van der Waals surface area contributed by atoms with Crippen molar-refractivity contribution >= 4 is 21.7 Å². The number of esters is 1. The van der Waals surface area contributed by atoms with Crippen LogP contribution in [0, 0.1) is 0 Å². The van der Waals surface area contributed by atoms with Crippen LogP contribution >= 0.6 is 0 Å². The van der Waals surface area contributed by atoms with E-state index in [1.54, 1.807) is 36.3 Å². The van der Waals surface area contributed by atoms with E-state index in [2.05, 4.69) is 0 Å². The monoisotopic (exact) mass is 441 g/mol. The van der Waals surface area contributed by atoms with Crippen LogP contribution in [0.1, 0.15) is 39.0 Å². The van der Waals surface area contributed by atoms with E-state index in [4.69, 9.17) is 14.2 Å². The van der Waals surface area contributed by atoms with E-state index in [9.17, 15) is 18.0 Å². The van der Waals surface area contributed by atoms with Gasteiger partial charge in [0.05, 0.1) is 25.2 Å².